The Morgan fingerprint density at radius 1 is 1.39 bits per heavy atom. The minimum Gasteiger partial charge on any atom is -0.469 e. The van der Waals surface area contributed by atoms with Gasteiger partial charge in [0.15, 0.2) is 0 Å². The van der Waals surface area contributed by atoms with Crippen LogP contribution in [0, 0.1) is 0 Å². The van der Waals surface area contributed by atoms with E-state index in [0.717, 1.165) is 25.8 Å². The van der Waals surface area contributed by atoms with E-state index < -0.39 is 0 Å². The minimum absolute atomic E-state index is 0.0600. The van der Waals surface area contributed by atoms with Crippen LogP contribution in [-0.4, -0.2) is 51.3 Å². The van der Waals surface area contributed by atoms with Gasteiger partial charge < -0.3 is 20.1 Å². The highest BCUT2D eigenvalue weighted by Gasteiger charge is 2.20. The lowest BCUT2D eigenvalue weighted by atomic mass is 10.2. The normalized spacial score (nSPS) is 19.3. The second-order valence-electron chi connectivity index (χ2n) is 4.24. The van der Waals surface area contributed by atoms with Crippen molar-refractivity contribution in [1.82, 2.24) is 10.6 Å². The van der Waals surface area contributed by atoms with Gasteiger partial charge >= 0.3 is 5.97 Å². The van der Waals surface area contributed by atoms with Crippen LogP contribution in [0.15, 0.2) is 0 Å². The van der Waals surface area contributed by atoms with Crippen LogP contribution in [0.2, 0.25) is 0 Å². The molecule has 104 valence electrons. The number of ether oxygens (including phenoxy) is 2. The number of rotatable bonds is 7. The topological polar surface area (TPSA) is 76.7 Å². The molecule has 0 aromatic carbocycles. The van der Waals surface area contributed by atoms with E-state index in [4.69, 9.17) is 4.74 Å². The molecule has 1 atom stereocenters. The predicted molar refractivity (Wildman–Crippen MR) is 66.1 cm³/mol. The highest BCUT2D eigenvalue weighted by molar-refractivity contribution is 5.81. The van der Waals surface area contributed by atoms with Gasteiger partial charge in [0.05, 0.1) is 13.7 Å². The number of hydrogen-bond acceptors (Lipinski definition) is 5. The van der Waals surface area contributed by atoms with Crippen LogP contribution in [0.3, 0.4) is 0 Å². The molecule has 1 saturated heterocycles. The Kier molecular flexibility index (Phi) is 7.36. The first-order valence-electron chi connectivity index (χ1n) is 6.41. The number of esters is 1. The van der Waals surface area contributed by atoms with Gasteiger partial charge in [-0.1, -0.05) is 6.42 Å². The summed E-state index contributed by atoms with van der Waals surface area (Å²) in [6.45, 7) is 2.59. The number of carbonyl (C=O) groups is 2. The van der Waals surface area contributed by atoms with Crippen LogP contribution in [0.4, 0.5) is 0 Å². The van der Waals surface area contributed by atoms with Crippen LogP contribution < -0.4 is 10.6 Å². The fraction of sp³-hybridized carbons (Fsp3) is 0.833. The second kappa shape index (κ2) is 8.88. The highest BCUT2D eigenvalue weighted by Crippen LogP contribution is 2.01. The largest absolute Gasteiger partial charge is 0.469 e. The van der Waals surface area contributed by atoms with E-state index >= 15 is 0 Å². The third-order valence-electron chi connectivity index (χ3n) is 2.80. The maximum Gasteiger partial charge on any atom is 0.305 e. The molecule has 0 saturated carbocycles. The maximum absolute atomic E-state index is 11.6. The molecule has 1 rings (SSSR count). The van der Waals surface area contributed by atoms with Crippen LogP contribution in [-0.2, 0) is 19.1 Å². The molecule has 0 radical (unpaired) electrons. The molecule has 18 heavy (non-hydrogen) atoms. The quantitative estimate of drug-likeness (QED) is 0.489. The summed E-state index contributed by atoms with van der Waals surface area (Å²) < 4.78 is 9.87. The lowest BCUT2D eigenvalue weighted by molar-refractivity contribution is -0.140. The number of morpholine rings is 1. The Bertz CT molecular complexity index is 265. The summed E-state index contributed by atoms with van der Waals surface area (Å²) in [5.41, 5.74) is 0. The zero-order valence-electron chi connectivity index (χ0n) is 10.9. The fourth-order valence-electron chi connectivity index (χ4n) is 1.73. The van der Waals surface area contributed by atoms with E-state index in [1.54, 1.807) is 0 Å². The first kappa shape index (κ1) is 14.9. The molecule has 1 amide bonds. The zero-order valence-corrected chi connectivity index (χ0v) is 10.9. The Hall–Kier alpha value is -1.14. The van der Waals surface area contributed by atoms with Crippen molar-refractivity contribution in [3.63, 3.8) is 0 Å². The molecule has 1 aliphatic rings. The number of unbranched alkanes of at least 4 members (excludes halogenated alkanes) is 2. The number of hydrogen-bond donors (Lipinski definition) is 2. The third kappa shape index (κ3) is 5.97. The van der Waals surface area contributed by atoms with Gasteiger partial charge in [-0.25, -0.2) is 0 Å². The molecule has 6 heteroatoms. The van der Waals surface area contributed by atoms with Gasteiger partial charge in [0.2, 0.25) is 5.91 Å². The van der Waals surface area contributed by atoms with Crippen LogP contribution in [0.5, 0.6) is 0 Å². The summed E-state index contributed by atoms with van der Waals surface area (Å²) in [7, 11) is 1.39. The lowest BCUT2D eigenvalue weighted by Gasteiger charge is -2.22. The van der Waals surface area contributed by atoms with Gasteiger partial charge in [0.1, 0.15) is 6.10 Å². The molecule has 2 N–H and O–H groups in total. The number of amides is 1. The molecule has 0 aliphatic carbocycles. The van der Waals surface area contributed by atoms with Gasteiger partial charge in [-0.3, -0.25) is 9.59 Å². The van der Waals surface area contributed by atoms with Crippen molar-refractivity contribution < 1.29 is 19.1 Å². The van der Waals surface area contributed by atoms with Crippen molar-refractivity contribution in [3.05, 3.63) is 0 Å². The maximum atomic E-state index is 11.6. The molecule has 0 aromatic heterocycles. The average molecular weight is 258 g/mol. The summed E-state index contributed by atoms with van der Waals surface area (Å²) in [4.78, 5) is 22.5. The van der Waals surface area contributed by atoms with Crippen molar-refractivity contribution in [3.8, 4) is 0 Å². The Balaban J connectivity index is 1.96. The number of nitrogens with one attached hydrogen (secondary N) is 2. The van der Waals surface area contributed by atoms with Gasteiger partial charge in [0, 0.05) is 26.1 Å². The van der Waals surface area contributed by atoms with E-state index in [-0.39, 0.29) is 18.0 Å². The molecule has 0 aromatic rings. The first-order valence-corrected chi connectivity index (χ1v) is 6.41. The van der Waals surface area contributed by atoms with Crippen molar-refractivity contribution in [2.75, 3.05) is 33.4 Å². The monoisotopic (exact) mass is 258 g/mol. The van der Waals surface area contributed by atoms with Crippen molar-refractivity contribution in [2.45, 2.75) is 31.8 Å². The van der Waals surface area contributed by atoms with E-state index in [9.17, 15) is 9.59 Å². The Morgan fingerprint density at radius 2 is 2.22 bits per heavy atom. The van der Waals surface area contributed by atoms with Crippen LogP contribution in [0.25, 0.3) is 0 Å². The highest BCUT2D eigenvalue weighted by atomic mass is 16.5. The summed E-state index contributed by atoms with van der Waals surface area (Å²) in [6.07, 6.45) is 2.64. The third-order valence-corrected chi connectivity index (χ3v) is 2.80. The van der Waals surface area contributed by atoms with E-state index in [1.807, 2.05) is 0 Å². The SMILES string of the molecule is COC(=O)CCCCCNC(=O)C1CNCCO1. The second-order valence-corrected chi connectivity index (χ2v) is 4.24. The molecular weight excluding hydrogens is 236 g/mol. The first-order chi connectivity index (χ1) is 8.74. The zero-order chi connectivity index (χ0) is 13.2. The standard InChI is InChI=1S/C12H22N2O4/c1-17-11(15)5-3-2-4-6-14-12(16)10-9-13-7-8-18-10/h10,13H,2-9H2,1H3,(H,14,16). The number of methoxy groups -OCH3 is 1. The van der Waals surface area contributed by atoms with Gasteiger partial charge in [-0.2, -0.15) is 0 Å². The molecule has 0 spiro atoms. The fourth-order valence-corrected chi connectivity index (χ4v) is 1.73. The van der Waals surface area contributed by atoms with E-state index in [0.29, 0.717) is 26.1 Å². The summed E-state index contributed by atoms with van der Waals surface area (Å²) >= 11 is 0. The van der Waals surface area contributed by atoms with Gasteiger partial charge in [0.25, 0.3) is 0 Å². The molecule has 1 fully saturated rings. The van der Waals surface area contributed by atoms with Crippen LogP contribution in [0.1, 0.15) is 25.7 Å². The molecule has 1 aliphatic heterocycles. The Labute approximate surface area is 107 Å². The van der Waals surface area contributed by atoms with E-state index in [2.05, 4.69) is 15.4 Å². The van der Waals surface area contributed by atoms with Crippen molar-refractivity contribution in [1.29, 1.82) is 0 Å². The summed E-state index contributed by atoms with van der Waals surface area (Å²) in [6, 6.07) is 0. The van der Waals surface area contributed by atoms with Gasteiger partial charge in [-0.15, -0.1) is 0 Å². The molecular formula is C12H22N2O4. The molecule has 6 nitrogen and oxygen atoms in total. The average Bonchev–Trinajstić information content (AvgIpc) is 2.43. The number of carbonyl (C=O) groups excluding carboxylic acids is 2. The molecule has 1 unspecified atom stereocenters. The smallest absolute Gasteiger partial charge is 0.305 e. The predicted octanol–water partition coefficient (Wildman–Crippen LogP) is -0.176. The summed E-state index contributed by atoms with van der Waals surface area (Å²) in [5, 5.41) is 5.94. The summed E-state index contributed by atoms with van der Waals surface area (Å²) in [5.74, 6) is -0.240. The van der Waals surface area contributed by atoms with Crippen LogP contribution >= 0.6 is 0 Å². The van der Waals surface area contributed by atoms with Crippen molar-refractivity contribution >= 4 is 11.9 Å². The molecule has 0 bridgehead atoms. The molecule has 1 heterocycles. The van der Waals surface area contributed by atoms with Crippen molar-refractivity contribution in [2.24, 2.45) is 0 Å². The van der Waals surface area contributed by atoms with Gasteiger partial charge in [-0.05, 0) is 12.8 Å². The Morgan fingerprint density at radius 3 is 2.89 bits per heavy atom. The minimum atomic E-state index is -0.367. The lowest BCUT2D eigenvalue weighted by Crippen LogP contribution is -2.48. The van der Waals surface area contributed by atoms with E-state index in [1.165, 1.54) is 7.11 Å².